The highest BCUT2D eigenvalue weighted by Gasteiger charge is 2.24. The first-order valence-corrected chi connectivity index (χ1v) is 8.15. The molecule has 2 aromatic heterocycles. The number of nitrogens with one attached hydrogen (secondary N) is 1. The summed E-state index contributed by atoms with van der Waals surface area (Å²) in [6.45, 7) is 2.04. The van der Waals surface area contributed by atoms with Crippen molar-refractivity contribution in [2.24, 2.45) is 21.1 Å². The molecule has 0 spiro atoms. The van der Waals surface area contributed by atoms with Gasteiger partial charge in [-0.3, -0.25) is 18.5 Å². The third-order valence-corrected chi connectivity index (χ3v) is 4.63. The van der Waals surface area contributed by atoms with Crippen LogP contribution in [-0.2, 0) is 27.6 Å². The maximum atomic E-state index is 12.6. The number of hydrogen-bond acceptors (Lipinski definition) is 4. The van der Waals surface area contributed by atoms with Gasteiger partial charge in [0.2, 0.25) is 5.88 Å². The number of nitrogens with zero attached hydrogens (tertiary/aromatic N) is 3. The quantitative estimate of drug-likeness (QED) is 0.722. The Morgan fingerprint density at radius 2 is 1.58 bits per heavy atom. The number of aromatic hydroxyl groups is 1. The van der Waals surface area contributed by atoms with E-state index in [1.807, 2.05) is 31.2 Å². The van der Waals surface area contributed by atoms with Gasteiger partial charge in [-0.25, -0.2) is 9.59 Å². The van der Waals surface area contributed by atoms with Crippen molar-refractivity contribution in [3.63, 3.8) is 0 Å². The number of hydrogen-bond donors (Lipinski definition) is 2. The van der Waals surface area contributed by atoms with E-state index in [0.717, 1.165) is 21.1 Å². The number of aromatic amines is 1. The molecule has 0 saturated heterocycles. The molecule has 8 heteroatoms. The van der Waals surface area contributed by atoms with Crippen molar-refractivity contribution in [1.82, 2.24) is 18.7 Å². The van der Waals surface area contributed by atoms with Crippen molar-refractivity contribution in [2.75, 3.05) is 0 Å². The summed E-state index contributed by atoms with van der Waals surface area (Å²) in [4.78, 5) is 39.5. The molecule has 0 aliphatic rings. The van der Waals surface area contributed by atoms with Gasteiger partial charge < -0.3 is 10.1 Å². The normalized spacial score (nSPS) is 11.1. The first kappa shape index (κ1) is 17.5. The van der Waals surface area contributed by atoms with Crippen molar-refractivity contribution in [3.8, 4) is 28.4 Å². The zero-order valence-electron chi connectivity index (χ0n) is 15.0. The van der Waals surface area contributed by atoms with Crippen LogP contribution in [0.5, 0.6) is 5.88 Å². The van der Waals surface area contributed by atoms with Gasteiger partial charge in [0.25, 0.3) is 5.56 Å². The van der Waals surface area contributed by atoms with E-state index in [4.69, 9.17) is 0 Å². The number of H-pyrrole nitrogens is 1. The molecular formula is C18H20N4O4. The monoisotopic (exact) mass is 356 g/mol. The topological polar surface area (TPSA) is 102 Å². The van der Waals surface area contributed by atoms with E-state index in [1.54, 1.807) is 7.05 Å². The molecule has 0 aliphatic heterocycles. The first-order chi connectivity index (χ1) is 12.3. The summed E-state index contributed by atoms with van der Waals surface area (Å²) in [7, 11) is 4.26. The van der Waals surface area contributed by atoms with Gasteiger partial charge >= 0.3 is 11.4 Å². The molecule has 0 unspecified atom stereocenters. The number of aromatic nitrogens is 4. The zero-order chi connectivity index (χ0) is 19.2. The van der Waals surface area contributed by atoms with Crippen LogP contribution in [0.1, 0.15) is 12.5 Å². The molecule has 1 aromatic carbocycles. The van der Waals surface area contributed by atoms with E-state index < -0.39 is 22.8 Å². The highest BCUT2D eigenvalue weighted by Crippen LogP contribution is 2.31. The van der Waals surface area contributed by atoms with Crippen LogP contribution >= 0.6 is 0 Å². The minimum Gasteiger partial charge on any atom is -0.494 e. The molecule has 0 radical (unpaired) electrons. The molecule has 0 saturated carbocycles. The van der Waals surface area contributed by atoms with Crippen LogP contribution in [0.4, 0.5) is 0 Å². The maximum absolute atomic E-state index is 12.6. The van der Waals surface area contributed by atoms with Crippen LogP contribution in [0.25, 0.3) is 22.5 Å². The fraction of sp³-hybridized carbons (Fsp3) is 0.278. The van der Waals surface area contributed by atoms with E-state index in [9.17, 15) is 19.5 Å². The summed E-state index contributed by atoms with van der Waals surface area (Å²) >= 11 is 0. The molecule has 3 rings (SSSR count). The van der Waals surface area contributed by atoms with E-state index in [1.165, 1.54) is 18.7 Å². The number of aryl methyl sites for hydroxylation is 1. The summed E-state index contributed by atoms with van der Waals surface area (Å²) < 4.78 is 3.23. The van der Waals surface area contributed by atoms with E-state index >= 15 is 0 Å². The Balaban J connectivity index is 2.39. The van der Waals surface area contributed by atoms with Gasteiger partial charge in [0.05, 0.1) is 11.4 Å². The summed E-state index contributed by atoms with van der Waals surface area (Å²) in [5.74, 6) is -0.494. The molecule has 3 aromatic rings. The van der Waals surface area contributed by atoms with Gasteiger partial charge in [0, 0.05) is 26.7 Å². The first-order valence-electron chi connectivity index (χ1n) is 8.15. The van der Waals surface area contributed by atoms with Crippen LogP contribution in [0.2, 0.25) is 0 Å². The predicted octanol–water partition coefficient (Wildman–Crippen LogP) is 0.713. The molecule has 136 valence electrons. The third-order valence-electron chi connectivity index (χ3n) is 4.63. The fourth-order valence-electron chi connectivity index (χ4n) is 2.99. The maximum Gasteiger partial charge on any atom is 0.333 e. The largest absolute Gasteiger partial charge is 0.494 e. The van der Waals surface area contributed by atoms with Crippen LogP contribution in [0.3, 0.4) is 0 Å². The van der Waals surface area contributed by atoms with Crippen molar-refractivity contribution in [1.29, 1.82) is 0 Å². The molecule has 0 atom stereocenters. The van der Waals surface area contributed by atoms with Gasteiger partial charge in [-0.2, -0.15) is 0 Å². The number of benzene rings is 1. The molecule has 0 bridgehead atoms. The van der Waals surface area contributed by atoms with Gasteiger partial charge in [0.15, 0.2) is 0 Å². The van der Waals surface area contributed by atoms with Crippen LogP contribution in [0, 0.1) is 0 Å². The molecule has 0 amide bonds. The standard InChI is InChI=1S/C18H20N4O4/c1-5-10-6-8-11(9-7-10)14-13(19-17(25)20(14)2)12-15(23)21(3)18(26)22(4)16(12)24/h6-9,23H,5H2,1-4H3,(H,19,25). The third kappa shape index (κ3) is 2.50. The lowest BCUT2D eigenvalue weighted by molar-refractivity contribution is 0.414. The molecule has 2 N–H and O–H groups in total. The van der Waals surface area contributed by atoms with Gasteiger partial charge in [-0.15, -0.1) is 0 Å². The summed E-state index contributed by atoms with van der Waals surface area (Å²) in [6, 6.07) is 7.59. The second-order valence-corrected chi connectivity index (χ2v) is 6.17. The smallest absolute Gasteiger partial charge is 0.333 e. The average molecular weight is 356 g/mol. The predicted molar refractivity (Wildman–Crippen MR) is 98.4 cm³/mol. The molecule has 2 heterocycles. The molecular weight excluding hydrogens is 336 g/mol. The number of rotatable bonds is 3. The Morgan fingerprint density at radius 3 is 2.15 bits per heavy atom. The lowest BCUT2D eigenvalue weighted by Crippen LogP contribution is -2.37. The van der Waals surface area contributed by atoms with Gasteiger partial charge in [-0.1, -0.05) is 31.2 Å². The van der Waals surface area contributed by atoms with Crippen LogP contribution < -0.4 is 16.9 Å². The van der Waals surface area contributed by atoms with Crippen molar-refractivity contribution in [3.05, 3.63) is 61.2 Å². The highest BCUT2D eigenvalue weighted by molar-refractivity contribution is 5.80. The minimum absolute atomic E-state index is 0.123. The Morgan fingerprint density at radius 1 is 0.962 bits per heavy atom. The Bertz CT molecular complexity index is 1160. The Labute approximate surface area is 148 Å². The lowest BCUT2D eigenvalue weighted by Gasteiger charge is -2.12. The van der Waals surface area contributed by atoms with E-state index in [-0.39, 0.29) is 11.3 Å². The lowest BCUT2D eigenvalue weighted by atomic mass is 10.0. The Hall–Kier alpha value is -3.29. The van der Waals surface area contributed by atoms with Gasteiger partial charge in [-0.05, 0) is 12.0 Å². The van der Waals surface area contributed by atoms with E-state index in [0.29, 0.717) is 11.3 Å². The highest BCUT2D eigenvalue weighted by atomic mass is 16.3. The minimum atomic E-state index is -0.682. The van der Waals surface area contributed by atoms with E-state index in [2.05, 4.69) is 4.98 Å². The number of imidazole rings is 1. The average Bonchev–Trinajstić information content (AvgIpc) is 2.93. The second kappa shape index (κ2) is 6.21. The molecule has 0 aliphatic carbocycles. The van der Waals surface area contributed by atoms with Crippen LogP contribution in [-0.4, -0.2) is 23.8 Å². The van der Waals surface area contributed by atoms with Crippen molar-refractivity contribution >= 4 is 0 Å². The zero-order valence-corrected chi connectivity index (χ0v) is 15.0. The molecule has 0 fully saturated rings. The fourth-order valence-corrected chi connectivity index (χ4v) is 2.99. The van der Waals surface area contributed by atoms with Crippen LogP contribution in [0.15, 0.2) is 38.6 Å². The SMILES string of the molecule is CCc1ccc(-c2c(-c3c(O)n(C)c(=O)n(C)c3=O)[nH]c(=O)n2C)cc1. The van der Waals surface area contributed by atoms with Crippen molar-refractivity contribution < 1.29 is 5.11 Å². The molecule has 26 heavy (non-hydrogen) atoms. The van der Waals surface area contributed by atoms with Crippen molar-refractivity contribution in [2.45, 2.75) is 13.3 Å². The van der Waals surface area contributed by atoms with Gasteiger partial charge in [0.1, 0.15) is 5.56 Å². The second-order valence-electron chi connectivity index (χ2n) is 6.17. The Kier molecular flexibility index (Phi) is 4.19. The summed E-state index contributed by atoms with van der Waals surface area (Å²) in [5.41, 5.74) is 0.609. The summed E-state index contributed by atoms with van der Waals surface area (Å²) in [5, 5.41) is 10.4. The molecule has 8 nitrogen and oxygen atoms in total. The summed E-state index contributed by atoms with van der Waals surface area (Å²) in [6.07, 6.45) is 0.876.